The first kappa shape index (κ1) is 14.1. The summed E-state index contributed by atoms with van der Waals surface area (Å²) < 4.78 is 0. The third-order valence-electron chi connectivity index (χ3n) is 3.32. The molecule has 0 aliphatic carbocycles. The van der Waals surface area contributed by atoms with Crippen LogP contribution in [0.5, 0.6) is 5.75 Å². The summed E-state index contributed by atoms with van der Waals surface area (Å²) >= 11 is 0. The van der Waals surface area contributed by atoms with Gasteiger partial charge < -0.3 is 5.11 Å². The molecular formula is C16H26O. The van der Waals surface area contributed by atoms with Gasteiger partial charge in [-0.2, -0.15) is 0 Å². The second-order valence-corrected chi connectivity index (χ2v) is 5.41. The number of rotatable bonds is 6. The Bertz CT molecular complexity index is 353. The van der Waals surface area contributed by atoms with Crippen molar-refractivity contribution in [3.63, 3.8) is 0 Å². The fourth-order valence-corrected chi connectivity index (χ4v) is 2.23. The average Bonchev–Trinajstić information content (AvgIpc) is 2.28. The Morgan fingerprint density at radius 1 is 1.18 bits per heavy atom. The van der Waals surface area contributed by atoms with Crippen molar-refractivity contribution in [3.05, 3.63) is 28.8 Å². The topological polar surface area (TPSA) is 20.2 Å². The number of phenolic OH excluding ortho intramolecular Hbond substituents is 1. The van der Waals surface area contributed by atoms with E-state index in [0.29, 0.717) is 5.75 Å². The molecule has 1 N–H and O–H groups in total. The summed E-state index contributed by atoms with van der Waals surface area (Å²) in [6.45, 7) is 8.64. The van der Waals surface area contributed by atoms with E-state index in [4.69, 9.17) is 0 Å². The fourth-order valence-electron chi connectivity index (χ4n) is 2.23. The Balaban J connectivity index is 2.57. The predicted octanol–water partition coefficient (Wildman–Crippen LogP) is 4.63. The summed E-state index contributed by atoms with van der Waals surface area (Å²) in [7, 11) is 0. The third-order valence-corrected chi connectivity index (χ3v) is 3.32. The average molecular weight is 234 g/mol. The molecule has 0 heterocycles. The molecule has 1 nitrogen and oxygen atoms in total. The van der Waals surface area contributed by atoms with Gasteiger partial charge in [-0.1, -0.05) is 45.7 Å². The van der Waals surface area contributed by atoms with Crippen molar-refractivity contribution >= 4 is 0 Å². The maximum atomic E-state index is 9.87. The Morgan fingerprint density at radius 2 is 1.88 bits per heavy atom. The summed E-state index contributed by atoms with van der Waals surface area (Å²) in [6, 6.07) is 4.29. The second kappa shape index (κ2) is 6.68. The van der Waals surface area contributed by atoms with Gasteiger partial charge in [0, 0.05) is 0 Å². The van der Waals surface area contributed by atoms with Crippen molar-refractivity contribution in [2.24, 2.45) is 5.92 Å². The molecule has 1 aromatic carbocycles. The van der Waals surface area contributed by atoms with Crippen molar-refractivity contribution < 1.29 is 5.11 Å². The summed E-state index contributed by atoms with van der Waals surface area (Å²) in [6.07, 6.45) is 5.93. The molecule has 0 bridgehead atoms. The fraction of sp³-hybridized carbons (Fsp3) is 0.625. The minimum absolute atomic E-state index is 0.485. The number of unbranched alkanes of at least 4 members (excludes halogenated alkanes) is 1. The van der Waals surface area contributed by atoms with Crippen molar-refractivity contribution in [2.75, 3.05) is 0 Å². The van der Waals surface area contributed by atoms with Crippen LogP contribution in [0.15, 0.2) is 12.1 Å². The monoisotopic (exact) mass is 234 g/mol. The Morgan fingerprint density at radius 3 is 2.47 bits per heavy atom. The van der Waals surface area contributed by atoms with Gasteiger partial charge in [0.25, 0.3) is 0 Å². The van der Waals surface area contributed by atoms with E-state index in [-0.39, 0.29) is 0 Å². The molecule has 17 heavy (non-hydrogen) atoms. The number of hydrogen-bond acceptors (Lipinski definition) is 1. The maximum absolute atomic E-state index is 9.87. The standard InChI is InChI=1S/C16H26O/c1-5-15-11-14(10-13(4)16(15)17)9-7-6-8-12(2)3/h10-12,17H,5-9H2,1-4H3. The number of aryl methyl sites for hydroxylation is 3. The van der Waals surface area contributed by atoms with Gasteiger partial charge in [0.15, 0.2) is 0 Å². The van der Waals surface area contributed by atoms with Crippen LogP contribution in [-0.4, -0.2) is 5.11 Å². The smallest absolute Gasteiger partial charge is 0.121 e. The molecule has 0 radical (unpaired) electrons. The van der Waals surface area contributed by atoms with Crippen LogP contribution in [0.3, 0.4) is 0 Å². The molecular weight excluding hydrogens is 208 g/mol. The minimum atomic E-state index is 0.485. The van der Waals surface area contributed by atoms with Crippen LogP contribution in [0.25, 0.3) is 0 Å². The molecule has 1 heteroatoms. The molecule has 1 aromatic rings. The highest BCUT2D eigenvalue weighted by Gasteiger charge is 2.05. The van der Waals surface area contributed by atoms with E-state index < -0.39 is 0 Å². The van der Waals surface area contributed by atoms with E-state index in [1.54, 1.807) is 0 Å². The lowest BCUT2D eigenvalue weighted by Crippen LogP contribution is -1.93. The minimum Gasteiger partial charge on any atom is -0.507 e. The quantitative estimate of drug-likeness (QED) is 0.711. The molecule has 0 fully saturated rings. The van der Waals surface area contributed by atoms with Gasteiger partial charge in [-0.15, -0.1) is 0 Å². The molecule has 0 spiro atoms. The number of phenols is 1. The van der Waals surface area contributed by atoms with Crippen molar-refractivity contribution in [1.29, 1.82) is 0 Å². The molecule has 0 atom stereocenters. The summed E-state index contributed by atoms with van der Waals surface area (Å²) in [5, 5.41) is 9.87. The van der Waals surface area contributed by atoms with E-state index >= 15 is 0 Å². The Kier molecular flexibility index (Phi) is 5.54. The zero-order valence-corrected chi connectivity index (χ0v) is 11.7. The van der Waals surface area contributed by atoms with Gasteiger partial charge >= 0.3 is 0 Å². The molecule has 0 amide bonds. The van der Waals surface area contributed by atoms with Crippen molar-refractivity contribution in [2.45, 2.75) is 59.8 Å². The van der Waals surface area contributed by atoms with E-state index in [1.807, 2.05) is 6.92 Å². The van der Waals surface area contributed by atoms with Crippen LogP contribution in [0, 0.1) is 12.8 Å². The van der Waals surface area contributed by atoms with Gasteiger partial charge in [0.05, 0.1) is 0 Å². The van der Waals surface area contributed by atoms with E-state index in [2.05, 4.69) is 32.9 Å². The maximum Gasteiger partial charge on any atom is 0.121 e. The van der Waals surface area contributed by atoms with Gasteiger partial charge in [0.1, 0.15) is 5.75 Å². The first-order valence-electron chi connectivity index (χ1n) is 6.86. The molecule has 0 aromatic heterocycles. The number of hydrogen-bond donors (Lipinski definition) is 1. The highest BCUT2D eigenvalue weighted by Crippen LogP contribution is 2.25. The number of benzene rings is 1. The van der Waals surface area contributed by atoms with Gasteiger partial charge in [-0.25, -0.2) is 0 Å². The first-order chi connectivity index (χ1) is 8.04. The predicted molar refractivity (Wildman–Crippen MR) is 74.6 cm³/mol. The number of aromatic hydroxyl groups is 1. The normalized spacial score (nSPS) is 11.1. The van der Waals surface area contributed by atoms with E-state index in [0.717, 1.165) is 29.9 Å². The third kappa shape index (κ3) is 4.41. The van der Waals surface area contributed by atoms with Crippen LogP contribution >= 0.6 is 0 Å². The SMILES string of the molecule is CCc1cc(CCCCC(C)C)cc(C)c1O. The Hall–Kier alpha value is -0.980. The van der Waals surface area contributed by atoms with Crippen LogP contribution in [0.1, 0.15) is 56.7 Å². The second-order valence-electron chi connectivity index (χ2n) is 5.41. The Labute approximate surface area is 106 Å². The largest absolute Gasteiger partial charge is 0.507 e. The highest BCUT2D eigenvalue weighted by molar-refractivity contribution is 5.43. The van der Waals surface area contributed by atoms with Gasteiger partial charge in [0.2, 0.25) is 0 Å². The summed E-state index contributed by atoms with van der Waals surface area (Å²) in [5.41, 5.74) is 3.48. The lowest BCUT2D eigenvalue weighted by Gasteiger charge is -2.10. The molecule has 1 rings (SSSR count). The van der Waals surface area contributed by atoms with E-state index in [9.17, 15) is 5.11 Å². The van der Waals surface area contributed by atoms with Crippen molar-refractivity contribution in [3.8, 4) is 5.75 Å². The highest BCUT2D eigenvalue weighted by atomic mass is 16.3. The van der Waals surface area contributed by atoms with Gasteiger partial charge in [-0.05, 0) is 48.8 Å². The zero-order chi connectivity index (χ0) is 12.8. The van der Waals surface area contributed by atoms with Gasteiger partial charge in [-0.3, -0.25) is 0 Å². The molecule has 96 valence electrons. The first-order valence-corrected chi connectivity index (χ1v) is 6.86. The summed E-state index contributed by atoms with van der Waals surface area (Å²) in [4.78, 5) is 0. The lowest BCUT2D eigenvalue weighted by atomic mass is 9.98. The van der Waals surface area contributed by atoms with Crippen LogP contribution in [0.2, 0.25) is 0 Å². The molecule has 0 saturated carbocycles. The van der Waals surface area contributed by atoms with Crippen LogP contribution in [-0.2, 0) is 12.8 Å². The van der Waals surface area contributed by atoms with Crippen LogP contribution < -0.4 is 0 Å². The molecule has 0 aliphatic heterocycles. The summed E-state index contributed by atoms with van der Waals surface area (Å²) in [5.74, 6) is 1.29. The molecule has 0 aliphatic rings. The molecule has 0 unspecified atom stereocenters. The molecule has 0 saturated heterocycles. The van der Waals surface area contributed by atoms with Crippen molar-refractivity contribution in [1.82, 2.24) is 0 Å². The van der Waals surface area contributed by atoms with E-state index in [1.165, 1.54) is 24.8 Å². The lowest BCUT2D eigenvalue weighted by molar-refractivity contribution is 0.464. The zero-order valence-electron chi connectivity index (χ0n) is 11.7. The van der Waals surface area contributed by atoms with Crippen LogP contribution in [0.4, 0.5) is 0 Å².